The van der Waals surface area contributed by atoms with Crippen LogP contribution in [0.5, 0.6) is 0 Å². The average molecular weight is 349 g/mol. The van der Waals surface area contributed by atoms with Crippen molar-refractivity contribution >= 4 is 23.7 Å². The summed E-state index contributed by atoms with van der Waals surface area (Å²) in [6, 6.07) is 8.45. The molecular formula is C17H23N3O5. The van der Waals surface area contributed by atoms with Gasteiger partial charge >= 0.3 is 5.97 Å². The van der Waals surface area contributed by atoms with E-state index < -0.39 is 24.5 Å². The fourth-order valence-corrected chi connectivity index (χ4v) is 1.94. The van der Waals surface area contributed by atoms with Crippen LogP contribution < -0.4 is 10.6 Å². The summed E-state index contributed by atoms with van der Waals surface area (Å²) in [5.41, 5.74) is 0.760. The molecule has 8 nitrogen and oxygen atoms in total. The van der Waals surface area contributed by atoms with Gasteiger partial charge in [0.25, 0.3) is 5.91 Å². The third-order valence-electron chi connectivity index (χ3n) is 3.25. The Morgan fingerprint density at radius 1 is 1.12 bits per heavy atom. The van der Waals surface area contributed by atoms with Crippen molar-refractivity contribution in [3.8, 4) is 0 Å². The number of benzene rings is 1. The van der Waals surface area contributed by atoms with Crippen LogP contribution in [-0.4, -0.2) is 55.8 Å². The van der Waals surface area contributed by atoms with Crippen LogP contribution in [0.1, 0.15) is 24.9 Å². The highest BCUT2D eigenvalue weighted by molar-refractivity contribution is 5.86. The number of amides is 3. The van der Waals surface area contributed by atoms with Crippen molar-refractivity contribution in [3.63, 3.8) is 0 Å². The van der Waals surface area contributed by atoms with Crippen LogP contribution in [0.3, 0.4) is 0 Å². The molecule has 0 bridgehead atoms. The van der Waals surface area contributed by atoms with Crippen molar-refractivity contribution < 1.29 is 23.9 Å². The molecule has 0 aliphatic carbocycles. The summed E-state index contributed by atoms with van der Waals surface area (Å²) in [4.78, 5) is 47.5. The van der Waals surface area contributed by atoms with E-state index in [1.54, 1.807) is 38.4 Å². The van der Waals surface area contributed by atoms with Crippen LogP contribution in [0, 0.1) is 0 Å². The first-order valence-corrected chi connectivity index (χ1v) is 7.74. The number of rotatable bonds is 8. The van der Waals surface area contributed by atoms with Crippen molar-refractivity contribution in [1.29, 1.82) is 0 Å². The number of hydrogen-bond acceptors (Lipinski definition) is 5. The molecule has 0 aromatic heterocycles. The Balaban J connectivity index is 2.48. The van der Waals surface area contributed by atoms with E-state index in [-0.39, 0.29) is 24.8 Å². The monoisotopic (exact) mass is 349 g/mol. The zero-order valence-electron chi connectivity index (χ0n) is 14.6. The van der Waals surface area contributed by atoms with Gasteiger partial charge in [0.15, 0.2) is 6.61 Å². The summed E-state index contributed by atoms with van der Waals surface area (Å²) in [5.74, 6) is -1.74. The lowest BCUT2D eigenvalue weighted by molar-refractivity contribution is -0.149. The van der Waals surface area contributed by atoms with Crippen LogP contribution in [0.4, 0.5) is 0 Å². The number of esters is 1. The lowest BCUT2D eigenvalue weighted by Crippen LogP contribution is -2.38. The second-order valence-corrected chi connectivity index (χ2v) is 5.59. The van der Waals surface area contributed by atoms with Gasteiger partial charge in [-0.05, 0) is 5.56 Å². The van der Waals surface area contributed by atoms with Crippen molar-refractivity contribution in [2.75, 3.05) is 27.2 Å². The second-order valence-electron chi connectivity index (χ2n) is 5.59. The zero-order chi connectivity index (χ0) is 18.8. The first-order valence-electron chi connectivity index (χ1n) is 7.74. The molecule has 0 aliphatic rings. The minimum atomic E-state index is -0.628. The first-order chi connectivity index (χ1) is 11.8. The molecule has 0 heterocycles. The van der Waals surface area contributed by atoms with E-state index in [0.717, 1.165) is 5.56 Å². The Bertz CT molecular complexity index is 616. The van der Waals surface area contributed by atoms with Gasteiger partial charge in [-0.25, -0.2) is 0 Å². The smallest absolute Gasteiger partial charge is 0.308 e. The highest BCUT2D eigenvalue weighted by Crippen LogP contribution is 2.17. The molecule has 1 atom stereocenters. The Kier molecular flexibility index (Phi) is 8.11. The molecule has 0 unspecified atom stereocenters. The summed E-state index contributed by atoms with van der Waals surface area (Å²) in [7, 11) is 3.14. The van der Waals surface area contributed by atoms with Gasteiger partial charge in [0.1, 0.15) is 0 Å². The quantitative estimate of drug-likeness (QED) is 0.643. The van der Waals surface area contributed by atoms with Gasteiger partial charge in [-0.2, -0.15) is 0 Å². The highest BCUT2D eigenvalue weighted by atomic mass is 16.5. The van der Waals surface area contributed by atoms with Crippen LogP contribution >= 0.6 is 0 Å². The van der Waals surface area contributed by atoms with Gasteiger partial charge in [-0.15, -0.1) is 0 Å². The molecule has 0 radical (unpaired) electrons. The molecule has 0 saturated carbocycles. The number of carbonyl (C=O) groups excluding carboxylic acids is 4. The maximum Gasteiger partial charge on any atom is 0.308 e. The normalized spacial score (nSPS) is 11.2. The van der Waals surface area contributed by atoms with Crippen LogP contribution in [0.2, 0.25) is 0 Å². The molecule has 2 N–H and O–H groups in total. The second kappa shape index (κ2) is 10.1. The maximum absolute atomic E-state index is 11.9. The number of carbonyl (C=O) groups is 4. The average Bonchev–Trinajstić information content (AvgIpc) is 2.57. The molecule has 3 amide bonds. The molecule has 0 saturated heterocycles. The number of likely N-dealkylation sites (N-methyl/N-ethyl adjacent to an activating group) is 1. The number of ether oxygens (including phenoxy) is 1. The van der Waals surface area contributed by atoms with Crippen molar-refractivity contribution in [1.82, 2.24) is 15.5 Å². The minimum absolute atomic E-state index is 0.104. The molecule has 25 heavy (non-hydrogen) atoms. The summed E-state index contributed by atoms with van der Waals surface area (Å²) in [6.45, 7) is 0.708. The molecule has 0 spiro atoms. The van der Waals surface area contributed by atoms with E-state index in [0.29, 0.717) is 0 Å². The predicted octanol–water partition coefficient (Wildman–Crippen LogP) is 0.00150. The number of nitrogens with one attached hydrogen (secondary N) is 2. The first kappa shape index (κ1) is 20.1. The SMILES string of the molecule is CC(=O)N[C@@H](CC(=O)OCC(=O)NCC(=O)N(C)C)c1ccccc1. The van der Waals surface area contributed by atoms with Crippen molar-refractivity contribution in [3.05, 3.63) is 35.9 Å². The summed E-state index contributed by atoms with van der Waals surface area (Å²) >= 11 is 0. The fourth-order valence-electron chi connectivity index (χ4n) is 1.94. The molecule has 1 aromatic rings. The standard InChI is InChI=1S/C17H23N3O5/c1-12(21)19-14(13-7-5-4-6-8-13)9-17(24)25-11-15(22)18-10-16(23)20(2)3/h4-8,14H,9-11H2,1-3H3,(H,18,22)(H,19,21)/t14-/m0/s1. The van der Waals surface area contributed by atoms with E-state index in [1.807, 2.05) is 6.07 Å². The summed E-state index contributed by atoms with van der Waals surface area (Å²) in [6.07, 6.45) is -0.104. The fraction of sp³-hybridized carbons (Fsp3) is 0.412. The van der Waals surface area contributed by atoms with Crippen LogP contribution in [-0.2, 0) is 23.9 Å². The zero-order valence-corrected chi connectivity index (χ0v) is 14.6. The lowest BCUT2D eigenvalue weighted by Gasteiger charge is -2.17. The molecular weight excluding hydrogens is 326 g/mol. The van der Waals surface area contributed by atoms with Gasteiger partial charge in [0, 0.05) is 21.0 Å². The van der Waals surface area contributed by atoms with E-state index in [9.17, 15) is 19.2 Å². The van der Waals surface area contributed by atoms with Gasteiger partial charge in [0.2, 0.25) is 11.8 Å². The van der Waals surface area contributed by atoms with E-state index in [4.69, 9.17) is 4.74 Å². The minimum Gasteiger partial charge on any atom is -0.456 e. The highest BCUT2D eigenvalue weighted by Gasteiger charge is 2.18. The van der Waals surface area contributed by atoms with E-state index in [1.165, 1.54) is 11.8 Å². The number of nitrogens with zero attached hydrogens (tertiary/aromatic N) is 1. The van der Waals surface area contributed by atoms with Gasteiger partial charge in [-0.1, -0.05) is 30.3 Å². The molecule has 0 fully saturated rings. The lowest BCUT2D eigenvalue weighted by atomic mass is 10.0. The topological polar surface area (TPSA) is 105 Å². The molecule has 8 heteroatoms. The van der Waals surface area contributed by atoms with E-state index >= 15 is 0 Å². The third kappa shape index (κ3) is 7.96. The Labute approximate surface area is 146 Å². The molecule has 136 valence electrons. The number of hydrogen-bond donors (Lipinski definition) is 2. The summed E-state index contributed by atoms with van der Waals surface area (Å²) < 4.78 is 4.90. The van der Waals surface area contributed by atoms with Gasteiger partial charge < -0.3 is 20.3 Å². The summed E-state index contributed by atoms with van der Waals surface area (Å²) in [5, 5.41) is 5.04. The predicted molar refractivity (Wildman–Crippen MR) is 90.3 cm³/mol. The largest absolute Gasteiger partial charge is 0.456 e. The van der Waals surface area contributed by atoms with Gasteiger partial charge in [0.05, 0.1) is 19.0 Å². The molecule has 1 aromatic carbocycles. The van der Waals surface area contributed by atoms with E-state index in [2.05, 4.69) is 10.6 Å². The van der Waals surface area contributed by atoms with Crippen LogP contribution in [0.25, 0.3) is 0 Å². The van der Waals surface area contributed by atoms with Gasteiger partial charge in [-0.3, -0.25) is 19.2 Å². The molecule has 1 rings (SSSR count). The van der Waals surface area contributed by atoms with Crippen molar-refractivity contribution in [2.24, 2.45) is 0 Å². The van der Waals surface area contributed by atoms with Crippen molar-refractivity contribution in [2.45, 2.75) is 19.4 Å². The maximum atomic E-state index is 11.9. The van der Waals surface area contributed by atoms with Crippen LogP contribution in [0.15, 0.2) is 30.3 Å². The Morgan fingerprint density at radius 2 is 1.76 bits per heavy atom. The third-order valence-corrected chi connectivity index (χ3v) is 3.25. The molecule has 0 aliphatic heterocycles. The Morgan fingerprint density at radius 3 is 2.32 bits per heavy atom. The Hall–Kier alpha value is -2.90.